The number of amides is 4. The molecule has 2 saturated carbocycles. The highest BCUT2D eigenvalue weighted by Gasteiger charge is 2.55. The van der Waals surface area contributed by atoms with Crippen LogP contribution in [-0.2, 0) is 9.59 Å². The van der Waals surface area contributed by atoms with Crippen molar-refractivity contribution in [3.05, 3.63) is 29.8 Å². The number of carbonyl (C=O) groups excluding carboxylic acids is 3. The third-order valence-corrected chi connectivity index (χ3v) is 6.67. The third kappa shape index (κ3) is 3.58. The van der Waals surface area contributed by atoms with Crippen LogP contribution in [0.3, 0.4) is 0 Å². The molecule has 29 heavy (non-hydrogen) atoms. The normalized spacial score (nSPS) is 22.1. The maximum absolute atomic E-state index is 13.1. The number of rotatable bonds is 6. The van der Waals surface area contributed by atoms with E-state index < -0.39 is 5.54 Å². The number of likely N-dealkylation sites (N-methyl/N-ethyl adjacent to an activating group) is 1. The zero-order valence-corrected chi connectivity index (χ0v) is 17.1. The number of imide groups is 1. The third-order valence-electron chi connectivity index (χ3n) is 6.67. The monoisotopic (exact) mass is 399 g/mol. The number of hydrogen-bond acceptors (Lipinski definition) is 4. The number of methoxy groups -OCH3 is 1. The van der Waals surface area contributed by atoms with Crippen LogP contribution in [0, 0.1) is 5.92 Å². The van der Waals surface area contributed by atoms with Gasteiger partial charge in [-0.1, -0.05) is 31.4 Å². The Labute approximate surface area is 171 Å². The van der Waals surface area contributed by atoms with Crippen LogP contribution in [-0.4, -0.2) is 53.9 Å². The topological polar surface area (TPSA) is 79.0 Å². The molecule has 1 aromatic rings. The summed E-state index contributed by atoms with van der Waals surface area (Å²) in [6.45, 7) is -0.219. The smallest absolute Gasteiger partial charge is 0.327 e. The fourth-order valence-corrected chi connectivity index (χ4v) is 4.75. The lowest BCUT2D eigenvalue weighted by molar-refractivity contribution is -0.137. The molecule has 7 nitrogen and oxygen atoms in total. The first-order chi connectivity index (χ1) is 14.0. The SMILES string of the molecule is COc1ccc(C(NC(=O)CN2C(=O)N(C)C3(CCCCC3)C2=O)C2CC2)cc1. The molecule has 1 N–H and O–H groups in total. The van der Waals surface area contributed by atoms with E-state index in [0.717, 1.165) is 48.3 Å². The zero-order valence-electron chi connectivity index (χ0n) is 17.1. The van der Waals surface area contributed by atoms with Crippen LogP contribution in [0.15, 0.2) is 24.3 Å². The van der Waals surface area contributed by atoms with Gasteiger partial charge in [-0.2, -0.15) is 0 Å². The first-order valence-corrected chi connectivity index (χ1v) is 10.5. The van der Waals surface area contributed by atoms with Crippen molar-refractivity contribution in [3.8, 4) is 5.75 Å². The molecule has 0 radical (unpaired) electrons. The van der Waals surface area contributed by atoms with Crippen LogP contribution >= 0.6 is 0 Å². The van der Waals surface area contributed by atoms with Crippen LogP contribution < -0.4 is 10.1 Å². The maximum Gasteiger partial charge on any atom is 0.327 e. The lowest BCUT2D eigenvalue weighted by Gasteiger charge is -2.35. The van der Waals surface area contributed by atoms with Crippen LogP contribution in [0.2, 0.25) is 0 Å². The summed E-state index contributed by atoms with van der Waals surface area (Å²) < 4.78 is 5.21. The molecule has 0 aromatic heterocycles. The Balaban J connectivity index is 1.45. The Kier molecular flexibility index (Phi) is 5.23. The highest BCUT2D eigenvalue weighted by Crippen LogP contribution is 2.42. The summed E-state index contributed by atoms with van der Waals surface area (Å²) >= 11 is 0. The quantitative estimate of drug-likeness (QED) is 0.746. The molecule has 2 aliphatic carbocycles. The summed E-state index contributed by atoms with van der Waals surface area (Å²) in [5.41, 5.74) is 0.267. The molecular formula is C22H29N3O4. The van der Waals surface area contributed by atoms with Crippen molar-refractivity contribution in [2.75, 3.05) is 20.7 Å². The van der Waals surface area contributed by atoms with Crippen LogP contribution in [0.4, 0.5) is 4.79 Å². The number of urea groups is 1. The molecule has 7 heteroatoms. The summed E-state index contributed by atoms with van der Waals surface area (Å²) in [6.07, 6.45) is 6.44. The predicted octanol–water partition coefficient (Wildman–Crippen LogP) is 2.86. The summed E-state index contributed by atoms with van der Waals surface area (Å²) in [6, 6.07) is 7.21. The fraction of sp³-hybridized carbons (Fsp3) is 0.591. The van der Waals surface area contributed by atoms with Crippen molar-refractivity contribution in [2.24, 2.45) is 5.92 Å². The van der Waals surface area contributed by atoms with Gasteiger partial charge < -0.3 is 15.0 Å². The van der Waals surface area contributed by atoms with Crippen LogP contribution in [0.1, 0.15) is 56.6 Å². The molecule has 4 amide bonds. The van der Waals surface area contributed by atoms with E-state index in [1.54, 1.807) is 19.1 Å². The minimum Gasteiger partial charge on any atom is -0.497 e. The van der Waals surface area contributed by atoms with Crippen molar-refractivity contribution >= 4 is 17.8 Å². The summed E-state index contributed by atoms with van der Waals surface area (Å²) in [5.74, 6) is 0.654. The largest absolute Gasteiger partial charge is 0.497 e. The van der Waals surface area contributed by atoms with E-state index in [-0.39, 0.29) is 30.4 Å². The Morgan fingerprint density at radius 1 is 1.17 bits per heavy atom. The maximum atomic E-state index is 13.1. The van der Waals surface area contributed by atoms with E-state index >= 15 is 0 Å². The van der Waals surface area contributed by atoms with Gasteiger partial charge in [0, 0.05) is 7.05 Å². The van der Waals surface area contributed by atoms with Gasteiger partial charge in [-0.25, -0.2) is 4.79 Å². The molecule has 1 heterocycles. The van der Waals surface area contributed by atoms with Gasteiger partial charge in [-0.3, -0.25) is 14.5 Å². The van der Waals surface area contributed by atoms with Gasteiger partial charge >= 0.3 is 6.03 Å². The molecule has 1 unspecified atom stereocenters. The first kappa shape index (κ1) is 19.7. The number of nitrogens with one attached hydrogen (secondary N) is 1. The predicted molar refractivity (Wildman–Crippen MR) is 107 cm³/mol. The second-order valence-electron chi connectivity index (χ2n) is 8.48. The van der Waals surface area contributed by atoms with Crippen LogP contribution in [0.25, 0.3) is 0 Å². The Morgan fingerprint density at radius 3 is 2.41 bits per heavy atom. The molecule has 156 valence electrons. The van der Waals surface area contributed by atoms with Gasteiger partial charge in [0.15, 0.2) is 0 Å². The highest BCUT2D eigenvalue weighted by atomic mass is 16.5. The second-order valence-corrected chi connectivity index (χ2v) is 8.48. The van der Waals surface area contributed by atoms with E-state index in [4.69, 9.17) is 4.74 Å². The van der Waals surface area contributed by atoms with Gasteiger partial charge in [-0.15, -0.1) is 0 Å². The lowest BCUT2D eigenvalue weighted by atomic mass is 9.81. The fourth-order valence-electron chi connectivity index (χ4n) is 4.75. The molecule has 1 saturated heterocycles. The summed E-state index contributed by atoms with van der Waals surface area (Å²) in [4.78, 5) is 41.3. The Hall–Kier alpha value is -2.57. The molecular weight excluding hydrogens is 370 g/mol. The molecule has 1 atom stereocenters. The number of nitrogens with zero attached hydrogens (tertiary/aromatic N) is 2. The molecule has 0 bridgehead atoms. The van der Waals surface area contributed by atoms with Crippen LogP contribution in [0.5, 0.6) is 5.75 Å². The minimum absolute atomic E-state index is 0.109. The first-order valence-electron chi connectivity index (χ1n) is 10.5. The molecule has 1 spiro atoms. The molecule has 3 fully saturated rings. The van der Waals surface area contributed by atoms with Gasteiger partial charge in [0.25, 0.3) is 5.91 Å². The van der Waals surface area contributed by atoms with Gasteiger partial charge in [0.2, 0.25) is 5.91 Å². The van der Waals surface area contributed by atoms with E-state index in [1.165, 1.54) is 0 Å². The Morgan fingerprint density at radius 2 is 1.83 bits per heavy atom. The standard InChI is InChI=1S/C22H29N3O4/c1-24-21(28)25(20(27)22(24)12-4-3-5-13-22)14-18(26)23-19(15-6-7-15)16-8-10-17(29-2)11-9-16/h8-11,15,19H,3-7,12-14H2,1-2H3,(H,23,26). The van der Waals surface area contributed by atoms with Gasteiger partial charge in [-0.05, 0) is 49.3 Å². The van der Waals surface area contributed by atoms with Crippen molar-refractivity contribution in [1.29, 1.82) is 0 Å². The van der Waals surface area contributed by atoms with E-state index in [9.17, 15) is 14.4 Å². The Bertz CT molecular complexity index is 797. The average molecular weight is 399 g/mol. The van der Waals surface area contributed by atoms with Crippen molar-refractivity contribution < 1.29 is 19.1 Å². The van der Waals surface area contributed by atoms with Crippen molar-refractivity contribution in [2.45, 2.75) is 56.5 Å². The summed E-state index contributed by atoms with van der Waals surface area (Å²) in [7, 11) is 3.31. The number of benzene rings is 1. The zero-order chi connectivity index (χ0) is 20.6. The number of carbonyl (C=O) groups is 3. The van der Waals surface area contributed by atoms with Crippen molar-refractivity contribution in [3.63, 3.8) is 0 Å². The molecule has 1 aromatic carbocycles. The lowest BCUT2D eigenvalue weighted by Crippen LogP contribution is -2.49. The molecule has 1 aliphatic heterocycles. The number of hydrogen-bond donors (Lipinski definition) is 1. The van der Waals surface area contributed by atoms with Gasteiger partial charge in [0.05, 0.1) is 13.2 Å². The molecule has 3 aliphatic rings. The van der Waals surface area contributed by atoms with E-state index in [2.05, 4.69) is 5.32 Å². The molecule has 4 rings (SSSR count). The van der Waals surface area contributed by atoms with E-state index in [0.29, 0.717) is 18.8 Å². The van der Waals surface area contributed by atoms with Crippen molar-refractivity contribution in [1.82, 2.24) is 15.1 Å². The average Bonchev–Trinajstić information content (AvgIpc) is 3.58. The second kappa shape index (κ2) is 7.69. The highest BCUT2D eigenvalue weighted by molar-refractivity contribution is 6.09. The summed E-state index contributed by atoms with van der Waals surface area (Å²) in [5, 5.41) is 3.06. The van der Waals surface area contributed by atoms with Gasteiger partial charge in [0.1, 0.15) is 17.8 Å². The number of ether oxygens (including phenoxy) is 1. The minimum atomic E-state index is -0.749. The van der Waals surface area contributed by atoms with E-state index in [1.807, 2.05) is 24.3 Å².